The van der Waals surface area contributed by atoms with Crippen molar-refractivity contribution in [3.05, 3.63) is 64.7 Å². The maximum Gasteiger partial charge on any atom is 0.279 e. The van der Waals surface area contributed by atoms with Gasteiger partial charge in [0, 0.05) is 57.4 Å². The summed E-state index contributed by atoms with van der Waals surface area (Å²) in [6.07, 6.45) is 7.07. The molecule has 208 valence electrons. The Morgan fingerprint density at radius 3 is 2.52 bits per heavy atom. The van der Waals surface area contributed by atoms with E-state index >= 15 is 0 Å². The average molecular weight is 543 g/mol. The highest BCUT2D eigenvalue weighted by molar-refractivity contribution is 5.77. The van der Waals surface area contributed by atoms with Crippen LogP contribution in [0.5, 0.6) is 0 Å². The van der Waals surface area contributed by atoms with Crippen molar-refractivity contribution in [2.45, 2.75) is 26.0 Å². The molecule has 0 unspecified atom stereocenters. The van der Waals surface area contributed by atoms with Crippen molar-refractivity contribution in [1.29, 1.82) is 0 Å². The fourth-order valence-electron chi connectivity index (χ4n) is 4.77. The number of hydrogen-bond donors (Lipinski definition) is 2. The molecule has 4 aromatic rings. The molecular formula is C29H34N8O3. The molecule has 0 spiro atoms. The fourth-order valence-corrected chi connectivity index (χ4v) is 4.77. The van der Waals surface area contributed by atoms with Crippen LogP contribution in [0.3, 0.4) is 0 Å². The van der Waals surface area contributed by atoms with Crippen LogP contribution in [0.15, 0.2) is 53.5 Å². The van der Waals surface area contributed by atoms with E-state index in [0.29, 0.717) is 28.5 Å². The SMILES string of the molecule is C#CCn1c(=O)c2cnc(Nc3ccc(N4CCN(CCOC)CC4)cc3)nc2n1-c1cccc(C(C)(C)O)n1. The van der Waals surface area contributed by atoms with Gasteiger partial charge in [0.15, 0.2) is 11.5 Å². The standard InChI is InChI=1S/C29H34N8O3/c1-5-13-36-27(38)23-20-30-28(33-26(23)37(36)25-8-6-7-24(32-25)29(2,3)39)31-21-9-11-22(12-10-21)35-16-14-34(15-17-35)18-19-40-4/h1,6-12,20,39H,13-19H2,2-4H3,(H,30,31,33). The number of ether oxygens (including phenoxy) is 1. The maximum absolute atomic E-state index is 13.2. The molecular weight excluding hydrogens is 508 g/mol. The van der Waals surface area contributed by atoms with Gasteiger partial charge in [-0.05, 0) is 50.2 Å². The van der Waals surface area contributed by atoms with Crippen molar-refractivity contribution in [2.75, 3.05) is 56.7 Å². The summed E-state index contributed by atoms with van der Waals surface area (Å²) in [6, 6.07) is 13.4. The second-order valence-corrected chi connectivity index (χ2v) is 10.2. The maximum atomic E-state index is 13.2. The summed E-state index contributed by atoms with van der Waals surface area (Å²) in [6.45, 7) is 8.98. The lowest BCUT2D eigenvalue weighted by Crippen LogP contribution is -2.47. The Hall–Kier alpha value is -4.24. The highest BCUT2D eigenvalue weighted by atomic mass is 16.5. The second-order valence-electron chi connectivity index (χ2n) is 10.2. The van der Waals surface area contributed by atoms with Gasteiger partial charge >= 0.3 is 0 Å². The zero-order valence-corrected chi connectivity index (χ0v) is 23.0. The molecule has 1 aliphatic rings. The van der Waals surface area contributed by atoms with E-state index in [1.807, 2.05) is 12.1 Å². The number of pyridine rings is 1. The number of aromatic nitrogens is 5. The Balaban J connectivity index is 1.41. The van der Waals surface area contributed by atoms with Crippen LogP contribution < -0.4 is 15.8 Å². The monoisotopic (exact) mass is 542 g/mol. The lowest BCUT2D eigenvalue weighted by molar-refractivity contribution is 0.0738. The lowest BCUT2D eigenvalue weighted by atomic mass is 10.1. The molecule has 1 aromatic carbocycles. The van der Waals surface area contributed by atoms with E-state index < -0.39 is 5.60 Å². The summed E-state index contributed by atoms with van der Waals surface area (Å²) in [4.78, 5) is 31.6. The predicted octanol–water partition coefficient (Wildman–Crippen LogP) is 2.35. The Morgan fingerprint density at radius 2 is 1.85 bits per heavy atom. The summed E-state index contributed by atoms with van der Waals surface area (Å²) >= 11 is 0. The van der Waals surface area contributed by atoms with Crippen molar-refractivity contribution in [3.8, 4) is 18.2 Å². The molecule has 11 heteroatoms. The minimum atomic E-state index is -1.17. The number of fused-ring (bicyclic) bond motifs is 1. The summed E-state index contributed by atoms with van der Waals surface area (Å²) < 4.78 is 8.17. The highest BCUT2D eigenvalue weighted by Gasteiger charge is 2.22. The number of rotatable bonds is 9. The second kappa shape index (κ2) is 11.5. The number of piperazine rings is 1. The first-order chi connectivity index (χ1) is 19.3. The Kier molecular flexibility index (Phi) is 7.84. The number of aliphatic hydroxyl groups is 1. The summed E-state index contributed by atoms with van der Waals surface area (Å²) in [5.74, 6) is 3.27. The van der Waals surface area contributed by atoms with Crippen LogP contribution >= 0.6 is 0 Å². The third kappa shape index (κ3) is 5.70. The van der Waals surface area contributed by atoms with Gasteiger partial charge in [0.25, 0.3) is 5.56 Å². The van der Waals surface area contributed by atoms with E-state index in [9.17, 15) is 9.90 Å². The quantitative estimate of drug-likeness (QED) is 0.308. The summed E-state index contributed by atoms with van der Waals surface area (Å²) in [5.41, 5.74) is 1.31. The lowest BCUT2D eigenvalue weighted by Gasteiger charge is -2.36. The van der Waals surface area contributed by atoms with Crippen molar-refractivity contribution < 1.29 is 9.84 Å². The topological polar surface area (TPSA) is 114 Å². The summed E-state index contributed by atoms with van der Waals surface area (Å²) in [7, 11) is 1.73. The molecule has 4 heterocycles. The Bertz CT molecular complexity index is 1570. The van der Waals surface area contributed by atoms with Crippen molar-refractivity contribution in [1.82, 2.24) is 29.2 Å². The molecule has 1 aliphatic heterocycles. The number of benzene rings is 1. The van der Waals surface area contributed by atoms with E-state index in [-0.39, 0.29) is 12.1 Å². The first-order valence-electron chi connectivity index (χ1n) is 13.2. The van der Waals surface area contributed by atoms with Crippen molar-refractivity contribution in [3.63, 3.8) is 0 Å². The molecule has 5 rings (SSSR count). The minimum Gasteiger partial charge on any atom is -0.384 e. The molecule has 0 bridgehead atoms. The van der Waals surface area contributed by atoms with Gasteiger partial charge in [0.2, 0.25) is 5.95 Å². The smallest absolute Gasteiger partial charge is 0.279 e. The molecule has 40 heavy (non-hydrogen) atoms. The van der Waals surface area contributed by atoms with Crippen LogP contribution in [0.2, 0.25) is 0 Å². The average Bonchev–Trinajstić information content (AvgIpc) is 3.23. The third-order valence-electron chi connectivity index (χ3n) is 6.97. The molecule has 0 atom stereocenters. The van der Waals surface area contributed by atoms with Crippen LogP contribution in [0.4, 0.5) is 17.3 Å². The minimum absolute atomic E-state index is 0.0223. The van der Waals surface area contributed by atoms with Crippen LogP contribution in [-0.2, 0) is 16.9 Å². The Morgan fingerprint density at radius 1 is 1.10 bits per heavy atom. The Labute approximate surface area is 233 Å². The first kappa shape index (κ1) is 27.3. The van der Waals surface area contributed by atoms with Gasteiger partial charge in [0.05, 0.1) is 12.3 Å². The molecule has 3 aromatic heterocycles. The molecule has 11 nitrogen and oxygen atoms in total. The van der Waals surface area contributed by atoms with E-state index in [0.717, 1.165) is 50.7 Å². The van der Waals surface area contributed by atoms with E-state index in [2.05, 4.69) is 48.1 Å². The molecule has 1 fully saturated rings. The van der Waals surface area contributed by atoms with Gasteiger partial charge in [-0.25, -0.2) is 19.3 Å². The van der Waals surface area contributed by atoms with Crippen molar-refractivity contribution in [2.24, 2.45) is 0 Å². The molecule has 0 saturated carbocycles. The molecule has 0 aliphatic carbocycles. The molecule has 0 amide bonds. The zero-order chi connectivity index (χ0) is 28.3. The van der Waals surface area contributed by atoms with Crippen molar-refractivity contribution >= 4 is 28.4 Å². The molecule has 0 radical (unpaired) electrons. The fraction of sp³-hybridized carbons (Fsp3) is 0.379. The van der Waals surface area contributed by atoms with Crippen LogP contribution in [0.1, 0.15) is 19.5 Å². The van der Waals surface area contributed by atoms with Gasteiger partial charge in [0.1, 0.15) is 17.5 Å². The van der Waals surface area contributed by atoms with Gasteiger partial charge in [-0.3, -0.25) is 9.69 Å². The number of nitrogens with zero attached hydrogens (tertiary/aromatic N) is 7. The normalized spacial score (nSPS) is 14.4. The summed E-state index contributed by atoms with van der Waals surface area (Å²) in [5, 5.41) is 14.0. The number of terminal acetylenes is 1. The number of hydrogen-bond acceptors (Lipinski definition) is 9. The van der Waals surface area contributed by atoms with Gasteiger partial charge in [-0.15, -0.1) is 6.42 Å². The first-order valence-corrected chi connectivity index (χ1v) is 13.2. The van der Waals surface area contributed by atoms with Gasteiger partial charge in [-0.1, -0.05) is 12.0 Å². The van der Waals surface area contributed by atoms with E-state index in [1.165, 1.54) is 10.9 Å². The number of anilines is 3. The molecule has 2 N–H and O–H groups in total. The van der Waals surface area contributed by atoms with Gasteiger partial charge in [-0.2, -0.15) is 4.98 Å². The number of nitrogens with one attached hydrogen (secondary N) is 1. The predicted molar refractivity (Wildman–Crippen MR) is 155 cm³/mol. The zero-order valence-electron chi connectivity index (χ0n) is 23.0. The van der Waals surface area contributed by atoms with Crippen LogP contribution in [-0.4, -0.2) is 80.8 Å². The molecule has 1 saturated heterocycles. The largest absolute Gasteiger partial charge is 0.384 e. The third-order valence-corrected chi connectivity index (χ3v) is 6.97. The number of methoxy groups -OCH3 is 1. The van der Waals surface area contributed by atoms with Crippen LogP contribution in [0.25, 0.3) is 16.9 Å². The van der Waals surface area contributed by atoms with E-state index in [1.54, 1.807) is 43.8 Å². The highest BCUT2D eigenvalue weighted by Crippen LogP contribution is 2.23. The van der Waals surface area contributed by atoms with Crippen LogP contribution in [0, 0.1) is 12.3 Å². The van der Waals surface area contributed by atoms with E-state index in [4.69, 9.17) is 11.2 Å². The van der Waals surface area contributed by atoms with Gasteiger partial charge < -0.3 is 20.1 Å².